The normalized spacial score (nSPS) is 17.8. The molecule has 1 atom stereocenters. The standard InChI is InChI=1S/C16H17N5O3/c1-8-16(22)21-13-14(19-9(2)20-15(13)18-8)17-6-10-3-4-11-12(5-10)24-7-23-11/h3-5,8H,6-7H2,1-2H3,(H,21,22)(H2,17,18,19,20). The van der Waals surface area contributed by atoms with Crippen LogP contribution in [-0.2, 0) is 11.3 Å². The third kappa shape index (κ3) is 2.55. The number of ether oxygens (including phenoxy) is 2. The van der Waals surface area contributed by atoms with E-state index in [4.69, 9.17) is 9.47 Å². The summed E-state index contributed by atoms with van der Waals surface area (Å²) >= 11 is 0. The minimum Gasteiger partial charge on any atom is -0.454 e. The molecule has 1 amide bonds. The van der Waals surface area contributed by atoms with Crippen LogP contribution in [0.1, 0.15) is 18.3 Å². The van der Waals surface area contributed by atoms with Crippen LogP contribution in [0.4, 0.5) is 17.3 Å². The van der Waals surface area contributed by atoms with Gasteiger partial charge in [0.15, 0.2) is 23.1 Å². The summed E-state index contributed by atoms with van der Waals surface area (Å²) in [6.07, 6.45) is 0. The molecule has 124 valence electrons. The molecule has 0 radical (unpaired) electrons. The van der Waals surface area contributed by atoms with Crippen LogP contribution in [0.2, 0.25) is 0 Å². The summed E-state index contributed by atoms with van der Waals surface area (Å²) in [5.41, 5.74) is 1.59. The highest BCUT2D eigenvalue weighted by atomic mass is 16.7. The van der Waals surface area contributed by atoms with Crippen molar-refractivity contribution < 1.29 is 14.3 Å². The zero-order valence-electron chi connectivity index (χ0n) is 13.3. The van der Waals surface area contributed by atoms with Gasteiger partial charge in [-0.25, -0.2) is 9.97 Å². The van der Waals surface area contributed by atoms with Crippen LogP contribution in [0.3, 0.4) is 0 Å². The number of rotatable bonds is 3. The Balaban J connectivity index is 1.58. The van der Waals surface area contributed by atoms with Crippen molar-refractivity contribution in [2.45, 2.75) is 26.4 Å². The van der Waals surface area contributed by atoms with Gasteiger partial charge in [0.05, 0.1) is 0 Å². The van der Waals surface area contributed by atoms with Crippen LogP contribution in [0.15, 0.2) is 18.2 Å². The van der Waals surface area contributed by atoms with E-state index in [1.165, 1.54) is 0 Å². The molecule has 4 rings (SSSR count). The topological polar surface area (TPSA) is 97.4 Å². The van der Waals surface area contributed by atoms with Crippen molar-refractivity contribution in [3.63, 3.8) is 0 Å². The Morgan fingerprint density at radius 3 is 3.00 bits per heavy atom. The van der Waals surface area contributed by atoms with Gasteiger partial charge in [-0.05, 0) is 31.5 Å². The molecule has 0 fully saturated rings. The molecule has 3 heterocycles. The van der Waals surface area contributed by atoms with Gasteiger partial charge in [-0.3, -0.25) is 4.79 Å². The summed E-state index contributed by atoms with van der Waals surface area (Å²) in [4.78, 5) is 20.7. The van der Waals surface area contributed by atoms with Crippen LogP contribution in [0.5, 0.6) is 11.5 Å². The molecule has 0 bridgehead atoms. The van der Waals surface area contributed by atoms with Crippen molar-refractivity contribution in [3.05, 3.63) is 29.6 Å². The summed E-state index contributed by atoms with van der Waals surface area (Å²) in [6, 6.07) is 5.44. The molecule has 0 spiro atoms. The van der Waals surface area contributed by atoms with E-state index in [9.17, 15) is 4.79 Å². The lowest BCUT2D eigenvalue weighted by atomic mass is 10.2. The monoisotopic (exact) mass is 327 g/mol. The second-order valence-electron chi connectivity index (χ2n) is 5.74. The lowest BCUT2D eigenvalue weighted by Gasteiger charge is -2.25. The Kier molecular flexibility index (Phi) is 3.37. The number of amides is 1. The number of nitrogens with zero attached hydrogens (tertiary/aromatic N) is 2. The van der Waals surface area contributed by atoms with Gasteiger partial charge >= 0.3 is 0 Å². The smallest absolute Gasteiger partial charge is 0.246 e. The first-order valence-electron chi connectivity index (χ1n) is 7.68. The number of nitrogens with one attached hydrogen (secondary N) is 3. The number of anilines is 3. The van der Waals surface area contributed by atoms with Crippen molar-refractivity contribution in [1.29, 1.82) is 0 Å². The van der Waals surface area contributed by atoms with Crippen molar-refractivity contribution in [3.8, 4) is 11.5 Å². The summed E-state index contributed by atoms with van der Waals surface area (Å²) < 4.78 is 10.7. The Hall–Kier alpha value is -3.03. The molecule has 8 nitrogen and oxygen atoms in total. The molecule has 8 heteroatoms. The molecule has 24 heavy (non-hydrogen) atoms. The fourth-order valence-electron chi connectivity index (χ4n) is 2.66. The van der Waals surface area contributed by atoms with E-state index >= 15 is 0 Å². The molecule has 2 aliphatic heterocycles. The Morgan fingerprint density at radius 1 is 1.29 bits per heavy atom. The minimum absolute atomic E-state index is 0.110. The first-order chi connectivity index (χ1) is 11.6. The third-order valence-electron chi connectivity index (χ3n) is 3.91. The molecule has 0 saturated carbocycles. The molecule has 0 aliphatic carbocycles. The first-order valence-corrected chi connectivity index (χ1v) is 7.68. The Labute approximate surface area is 138 Å². The number of carbonyl (C=O) groups is 1. The highest BCUT2D eigenvalue weighted by Crippen LogP contribution is 2.34. The maximum Gasteiger partial charge on any atom is 0.246 e. The minimum atomic E-state index is -0.325. The van der Waals surface area contributed by atoms with Crippen LogP contribution in [0, 0.1) is 6.92 Å². The summed E-state index contributed by atoms with van der Waals surface area (Å²) in [6.45, 7) is 4.38. The third-order valence-corrected chi connectivity index (χ3v) is 3.91. The lowest BCUT2D eigenvalue weighted by Crippen LogP contribution is -2.37. The van der Waals surface area contributed by atoms with Crippen LogP contribution in [0.25, 0.3) is 0 Å². The number of fused-ring (bicyclic) bond motifs is 2. The lowest BCUT2D eigenvalue weighted by molar-refractivity contribution is -0.116. The maximum atomic E-state index is 11.9. The largest absolute Gasteiger partial charge is 0.454 e. The number of aromatic nitrogens is 2. The first kappa shape index (κ1) is 14.6. The van der Waals surface area contributed by atoms with Crippen molar-refractivity contribution >= 4 is 23.2 Å². The summed E-state index contributed by atoms with van der Waals surface area (Å²) in [5, 5.41) is 9.19. The fourth-order valence-corrected chi connectivity index (χ4v) is 2.66. The summed E-state index contributed by atoms with van der Waals surface area (Å²) in [5.74, 6) is 3.21. The quantitative estimate of drug-likeness (QED) is 0.792. The van der Waals surface area contributed by atoms with Crippen molar-refractivity contribution in [1.82, 2.24) is 9.97 Å². The van der Waals surface area contributed by atoms with E-state index in [0.717, 1.165) is 17.1 Å². The second-order valence-corrected chi connectivity index (χ2v) is 5.74. The van der Waals surface area contributed by atoms with Crippen LogP contribution < -0.4 is 25.4 Å². The highest BCUT2D eigenvalue weighted by Gasteiger charge is 2.26. The van der Waals surface area contributed by atoms with Gasteiger partial charge in [0.1, 0.15) is 17.6 Å². The van der Waals surface area contributed by atoms with Gasteiger partial charge in [0.2, 0.25) is 12.7 Å². The van der Waals surface area contributed by atoms with E-state index in [1.54, 1.807) is 6.92 Å². The average molecular weight is 327 g/mol. The van der Waals surface area contributed by atoms with Gasteiger partial charge in [-0.2, -0.15) is 0 Å². The Morgan fingerprint density at radius 2 is 2.12 bits per heavy atom. The highest BCUT2D eigenvalue weighted by molar-refractivity contribution is 6.04. The zero-order chi connectivity index (χ0) is 16.7. The number of hydrogen-bond acceptors (Lipinski definition) is 7. The molecular formula is C16H17N5O3. The van der Waals surface area contributed by atoms with Gasteiger partial charge < -0.3 is 25.4 Å². The number of hydrogen-bond donors (Lipinski definition) is 3. The SMILES string of the molecule is Cc1nc(NCc2ccc3c(c2)OCO3)c2c(n1)NC(C)C(=O)N2. The van der Waals surface area contributed by atoms with E-state index in [2.05, 4.69) is 25.9 Å². The van der Waals surface area contributed by atoms with E-state index in [1.807, 2.05) is 25.1 Å². The molecule has 2 aliphatic rings. The number of benzene rings is 1. The van der Waals surface area contributed by atoms with Crippen molar-refractivity contribution in [2.75, 3.05) is 22.7 Å². The molecule has 2 aromatic rings. The Bertz CT molecular complexity index is 824. The van der Waals surface area contributed by atoms with Crippen LogP contribution in [-0.4, -0.2) is 28.7 Å². The van der Waals surface area contributed by atoms with Crippen LogP contribution >= 0.6 is 0 Å². The second kappa shape index (κ2) is 5.55. The van der Waals surface area contributed by atoms with Gasteiger partial charge in [-0.1, -0.05) is 6.07 Å². The molecule has 0 saturated heterocycles. The maximum absolute atomic E-state index is 11.9. The van der Waals surface area contributed by atoms with Gasteiger partial charge in [-0.15, -0.1) is 0 Å². The number of carbonyl (C=O) groups excluding carboxylic acids is 1. The zero-order valence-corrected chi connectivity index (χ0v) is 13.3. The molecule has 1 aromatic carbocycles. The van der Waals surface area contributed by atoms with E-state index in [0.29, 0.717) is 29.7 Å². The predicted octanol–water partition coefficient (Wildman–Crippen LogP) is 1.88. The van der Waals surface area contributed by atoms with Crippen molar-refractivity contribution in [2.24, 2.45) is 0 Å². The molecular weight excluding hydrogens is 310 g/mol. The van der Waals surface area contributed by atoms with Gasteiger partial charge in [0, 0.05) is 6.54 Å². The number of aryl methyl sites for hydroxylation is 1. The molecule has 3 N–H and O–H groups in total. The van der Waals surface area contributed by atoms with Gasteiger partial charge in [0.25, 0.3) is 0 Å². The van der Waals surface area contributed by atoms with E-state index < -0.39 is 0 Å². The average Bonchev–Trinajstić information content (AvgIpc) is 3.02. The molecule has 1 unspecified atom stereocenters. The van der Waals surface area contributed by atoms with E-state index in [-0.39, 0.29) is 18.7 Å². The predicted molar refractivity (Wildman–Crippen MR) is 88.4 cm³/mol. The molecule has 1 aromatic heterocycles. The fraction of sp³-hybridized carbons (Fsp3) is 0.312. The summed E-state index contributed by atoms with van der Waals surface area (Å²) in [7, 11) is 0.